The molecule has 2 amide bonds. The monoisotopic (exact) mass is 328 g/mol. The van der Waals surface area contributed by atoms with Crippen LogP contribution in [0.4, 0.5) is 0 Å². The van der Waals surface area contributed by atoms with E-state index in [1.165, 1.54) is 12.8 Å². The first kappa shape index (κ1) is 21.7. The number of hydrogen-bond donors (Lipinski definition) is 3. The zero-order valence-corrected chi connectivity index (χ0v) is 13.5. The molecule has 1 aliphatic heterocycles. The predicted octanol–water partition coefficient (Wildman–Crippen LogP) is -0.247. The molecule has 0 aromatic rings. The Labute approximate surface area is 133 Å². The van der Waals surface area contributed by atoms with E-state index in [9.17, 15) is 9.59 Å². The third-order valence-corrected chi connectivity index (χ3v) is 3.26. The second-order valence-corrected chi connectivity index (χ2v) is 4.85. The Bertz CT molecular complexity index is 285. The minimum atomic E-state index is -0.310. The van der Waals surface area contributed by atoms with Crippen LogP contribution in [-0.4, -0.2) is 56.0 Å². The van der Waals surface area contributed by atoms with Crippen molar-refractivity contribution in [2.75, 3.05) is 39.3 Å². The van der Waals surface area contributed by atoms with E-state index in [0.29, 0.717) is 6.54 Å². The SMILES string of the molecule is CC1CCN(CCNC(=O)CNC(=O)CN)CC1.Cl.Cl. The maximum Gasteiger partial charge on any atom is 0.239 e. The molecule has 1 saturated heterocycles. The summed E-state index contributed by atoms with van der Waals surface area (Å²) >= 11 is 0. The van der Waals surface area contributed by atoms with Crippen molar-refractivity contribution in [3.63, 3.8) is 0 Å². The summed E-state index contributed by atoms with van der Waals surface area (Å²) in [4.78, 5) is 24.6. The number of nitrogens with one attached hydrogen (secondary N) is 2. The minimum absolute atomic E-state index is 0. The summed E-state index contributed by atoms with van der Waals surface area (Å²) in [6.45, 7) is 5.93. The predicted molar refractivity (Wildman–Crippen MR) is 84.4 cm³/mol. The van der Waals surface area contributed by atoms with Crippen LogP contribution in [0.25, 0.3) is 0 Å². The van der Waals surface area contributed by atoms with E-state index < -0.39 is 0 Å². The Balaban J connectivity index is 0. The normalized spacial score (nSPS) is 15.7. The van der Waals surface area contributed by atoms with Crippen molar-refractivity contribution in [2.24, 2.45) is 11.7 Å². The molecule has 1 rings (SSSR count). The number of nitrogens with zero attached hydrogens (tertiary/aromatic N) is 1. The molecule has 6 nitrogen and oxygen atoms in total. The molecule has 1 fully saturated rings. The van der Waals surface area contributed by atoms with Gasteiger partial charge in [-0.3, -0.25) is 9.59 Å². The zero-order chi connectivity index (χ0) is 13.4. The average molecular weight is 329 g/mol. The second kappa shape index (κ2) is 12.2. The third kappa shape index (κ3) is 9.36. The number of halogens is 2. The average Bonchev–Trinajstić information content (AvgIpc) is 2.38. The maximum atomic E-state index is 11.4. The number of piperidine rings is 1. The van der Waals surface area contributed by atoms with Gasteiger partial charge in [-0.15, -0.1) is 24.8 Å². The topological polar surface area (TPSA) is 87.5 Å². The lowest BCUT2D eigenvalue weighted by atomic mass is 9.99. The molecule has 1 heterocycles. The number of carbonyl (C=O) groups excluding carboxylic acids is 2. The van der Waals surface area contributed by atoms with E-state index in [1.807, 2.05) is 0 Å². The first-order valence-electron chi connectivity index (χ1n) is 6.57. The standard InChI is InChI=1S/C12H24N4O2.2ClH/c1-10-2-5-16(6-3-10)7-4-14-12(18)9-15-11(17)8-13;;/h10H,2-9,13H2,1H3,(H,14,18)(H,15,17);2*1H. The zero-order valence-electron chi connectivity index (χ0n) is 11.9. The van der Waals surface area contributed by atoms with Crippen molar-refractivity contribution in [1.82, 2.24) is 15.5 Å². The minimum Gasteiger partial charge on any atom is -0.353 e. The fourth-order valence-corrected chi connectivity index (χ4v) is 1.95. The highest BCUT2D eigenvalue weighted by atomic mass is 35.5. The number of amides is 2. The summed E-state index contributed by atoms with van der Waals surface area (Å²) in [5.74, 6) is 0.347. The fourth-order valence-electron chi connectivity index (χ4n) is 1.95. The number of likely N-dealkylation sites (tertiary alicyclic amines) is 1. The number of rotatable bonds is 6. The highest BCUT2D eigenvalue weighted by Gasteiger charge is 2.15. The molecule has 120 valence electrons. The van der Waals surface area contributed by atoms with Gasteiger partial charge in [-0.1, -0.05) is 6.92 Å². The van der Waals surface area contributed by atoms with Crippen LogP contribution in [-0.2, 0) is 9.59 Å². The Kier molecular flexibility index (Phi) is 13.3. The van der Waals surface area contributed by atoms with Crippen molar-refractivity contribution < 1.29 is 9.59 Å². The Morgan fingerprint density at radius 3 is 2.30 bits per heavy atom. The molecule has 0 radical (unpaired) electrons. The van der Waals surface area contributed by atoms with Crippen LogP contribution in [0.2, 0.25) is 0 Å². The summed E-state index contributed by atoms with van der Waals surface area (Å²) in [7, 11) is 0. The molecule has 20 heavy (non-hydrogen) atoms. The molecule has 8 heteroatoms. The van der Waals surface area contributed by atoms with Gasteiger partial charge in [0.1, 0.15) is 0 Å². The van der Waals surface area contributed by atoms with Crippen molar-refractivity contribution in [2.45, 2.75) is 19.8 Å². The van der Waals surface area contributed by atoms with Gasteiger partial charge in [-0.25, -0.2) is 0 Å². The molecule has 0 aromatic carbocycles. The van der Waals surface area contributed by atoms with Crippen LogP contribution in [0.3, 0.4) is 0 Å². The van der Waals surface area contributed by atoms with E-state index in [2.05, 4.69) is 22.5 Å². The van der Waals surface area contributed by atoms with E-state index in [-0.39, 0.29) is 49.7 Å². The smallest absolute Gasteiger partial charge is 0.239 e. The van der Waals surface area contributed by atoms with Crippen molar-refractivity contribution in [3.8, 4) is 0 Å². The Morgan fingerprint density at radius 2 is 1.75 bits per heavy atom. The summed E-state index contributed by atoms with van der Waals surface area (Å²) in [5.41, 5.74) is 5.12. The molecular formula is C12H26Cl2N4O2. The van der Waals surface area contributed by atoms with Crippen LogP contribution in [0.5, 0.6) is 0 Å². The largest absolute Gasteiger partial charge is 0.353 e. The van der Waals surface area contributed by atoms with Crippen molar-refractivity contribution in [3.05, 3.63) is 0 Å². The van der Waals surface area contributed by atoms with E-state index in [0.717, 1.165) is 25.6 Å². The Hall–Kier alpha value is -0.560. The van der Waals surface area contributed by atoms with Gasteiger partial charge in [-0.2, -0.15) is 0 Å². The van der Waals surface area contributed by atoms with Gasteiger partial charge < -0.3 is 21.3 Å². The lowest BCUT2D eigenvalue weighted by Gasteiger charge is -2.30. The van der Waals surface area contributed by atoms with E-state index >= 15 is 0 Å². The van der Waals surface area contributed by atoms with Gasteiger partial charge in [0, 0.05) is 13.1 Å². The van der Waals surface area contributed by atoms with Gasteiger partial charge in [-0.05, 0) is 31.8 Å². The van der Waals surface area contributed by atoms with E-state index in [4.69, 9.17) is 5.73 Å². The van der Waals surface area contributed by atoms with Crippen LogP contribution in [0.1, 0.15) is 19.8 Å². The quantitative estimate of drug-likeness (QED) is 0.627. The molecule has 0 bridgehead atoms. The lowest BCUT2D eigenvalue weighted by molar-refractivity contribution is -0.125. The molecule has 0 atom stereocenters. The highest BCUT2D eigenvalue weighted by molar-refractivity contribution is 5.86. The summed E-state index contributed by atoms with van der Waals surface area (Å²) in [5, 5.41) is 5.22. The second-order valence-electron chi connectivity index (χ2n) is 4.85. The number of carbonyl (C=O) groups is 2. The highest BCUT2D eigenvalue weighted by Crippen LogP contribution is 2.14. The van der Waals surface area contributed by atoms with Crippen LogP contribution >= 0.6 is 24.8 Å². The van der Waals surface area contributed by atoms with Gasteiger partial charge in [0.15, 0.2) is 0 Å². The first-order valence-corrected chi connectivity index (χ1v) is 6.57. The van der Waals surface area contributed by atoms with E-state index in [1.54, 1.807) is 0 Å². The molecule has 0 aliphatic carbocycles. The summed E-state index contributed by atoms with van der Waals surface area (Å²) < 4.78 is 0. The fraction of sp³-hybridized carbons (Fsp3) is 0.833. The third-order valence-electron chi connectivity index (χ3n) is 3.26. The summed E-state index contributed by atoms with van der Waals surface area (Å²) in [6.07, 6.45) is 2.47. The summed E-state index contributed by atoms with van der Waals surface area (Å²) in [6, 6.07) is 0. The van der Waals surface area contributed by atoms with Crippen LogP contribution in [0.15, 0.2) is 0 Å². The molecule has 1 aliphatic rings. The molecule has 0 spiro atoms. The number of nitrogens with two attached hydrogens (primary N) is 1. The molecular weight excluding hydrogens is 303 g/mol. The molecule has 0 aromatic heterocycles. The van der Waals surface area contributed by atoms with Crippen LogP contribution < -0.4 is 16.4 Å². The lowest BCUT2D eigenvalue weighted by Crippen LogP contribution is -2.43. The van der Waals surface area contributed by atoms with Crippen molar-refractivity contribution >= 4 is 36.6 Å². The van der Waals surface area contributed by atoms with Gasteiger partial charge in [0.05, 0.1) is 13.1 Å². The molecule has 0 unspecified atom stereocenters. The number of hydrogen-bond acceptors (Lipinski definition) is 4. The van der Waals surface area contributed by atoms with Gasteiger partial charge >= 0.3 is 0 Å². The molecule has 0 saturated carbocycles. The van der Waals surface area contributed by atoms with Crippen LogP contribution in [0, 0.1) is 5.92 Å². The molecule has 4 N–H and O–H groups in total. The van der Waals surface area contributed by atoms with Gasteiger partial charge in [0.25, 0.3) is 0 Å². The first-order chi connectivity index (χ1) is 8.61. The maximum absolute atomic E-state index is 11.4. The van der Waals surface area contributed by atoms with Gasteiger partial charge in [0.2, 0.25) is 11.8 Å². The Morgan fingerprint density at radius 1 is 1.15 bits per heavy atom. The van der Waals surface area contributed by atoms with Crippen molar-refractivity contribution in [1.29, 1.82) is 0 Å².